The monoisotopic (exact) mass is 773 g/mol. The first-order valence-corrected chi connectivity index (χ1v) is 19.4. The summed E-state index contributed by atoms with van der Waals surface area (Å²) in [5, 5.41) is 4.48. The Morgan fingerprint density at radius 2 is 1.78 bits per heavy atom. The van der Waals surface area contributed by atoms with Gasteiger partial charge < -0.3 is 15.0 Å². The fourth-order valence-corrected chi connectivity index (χ4v) is 8.44. The van der Waals surface area contributed by atoms with Crippen molar-refractivity contribution in [2.75, 3.05) is 18.9 Å². The summed E-state index contributed by atoms with van der Waals surface area (Å²) in [7, 11) is -2.34. The Hall–Kier alpha value is -4.73. The number of halogens is 3. The predicted molar refractivity (Wildman–Crippen MR) is 195 cm³/mol. The minimum atomic E-state index is -4.72. The quantitative estimate of drug-likeness (QED) is 0.151. The van der Waals surface area contributed by atoms with Gasteiger partial charge in [-0.3, -0.25) is 29.4 Å². The zero-order valence-electron chi connectivity index (χ0n) is 30.5. The second-order valence-electron chi connectivity index (χ2n) is 14.4. The molecule has 3 saturated carbocycles. The van der Waals surface area contributed by atoms with Crippen molar-refractivity contribution in [3.63, 3.8) is 0 Å². The van der Waals surface area contributed by atoms with E-state index >= 15 is 0 Å². The molecule has 16 heteroatoms. The number of allylic oxidation sites excluding steroid dienone is 1. The Morgan fingerprint density at radius 3 is 2.39 bits per heavy atom. The van der Waals surface area contributed by atoms with Gasteiger partial charge in [-0.15, -0.1) is 13.2 Å². The van der Waals surface area contributed by atoms with E-state index in [0.29, 0.717) is 37.2 Å². The number of ether oxygens (including phenoxy) is 1. The molecule has 1 aromatic carbocycles. The molecule has 5 unspecified atom stereocenters. The largest absolute Gasteiger partial charge is 0.446 e. The van der Waals surface area contributed by atoms with Crippen LogP contribution in [0.4, 0.5) is 23.7 Å². The number of carbonyl (C=O) groups excluding carboxylic acids is 4. The summed E-state index contributed by atoms with van der Waals surface area (Å²) >= 11 is 0. The Labute approximate surface area is 313 Å². The number of benzene rings is 1. The number of aryl methyl sites for hydroxylation is 2. The average molecular weight is 774 g/mol. The van der Waals surface area contributed by atoms with Gasteiger partial charge in [0.25, 0.3) is 5.91 Å². The molecule has 2 aromatic rings. The number of pyridine rings is 1. The number of nitrogens with zero attached hydrogens (tertiary/aromatic N) is 2. The Morgan fingerprint density at radius 1 is 1.07 bits per heavy atom. The molecule has 0 spiro atoms. The highest BCUT2D eigenvalue weighted by Gasteiger charge is 2.62. The van der Waals surface area contributed by atoms with E-state index in [1.165, 1.54) is 17.9 Å². The molecule has 3 fully saturated rings. The molecule has 1 heterocycles. The maximum absolute atomic E-state index is 14.0. The lowest BCUT2D eigenvalue weighted by Crippen LogP contribution is -2.54. The summed E-state index contributed by atoms with van der Waals surface area (Å²) in [5.74, 6) is -4.65. The topological polar surface area (TPSA) is 164 Å². The van der Waals surface area contributed by atoms with Gasteiger partial charge in [0.1, 0.15) is 11.6 Å². The molecule has 0 aliphatic heterocycles. The molecule has 4 amide bonds. The van der Waals surface area contributed by atoms with E-state index in [4.69, 9.17) is 4.74 Å². The van der Waals surface area contributed by atoms with Crippen LogP contribution in [0.2, 0.25) is 0 Å². The fourth-order valence-electron chi connectivity index (χ4n) is 7.07. The molecular formula is C38H46F3N5O7S. The van der Waals surface area contributed by atoms with E-state index < -0.39 is 80.2 Å². The van der Waals surface area contributed by atoms with Crippen molar-refractivity contribution in [2.45, 2.75) is 88.3 Å². The number of amides is 4. The molecule has 0 saturated heterocycles. The maximum atomic E-state index is 14.0. The van der Waals surface area contributed by atoms with Gasteiger partial charge in [0.15, 0.2) is 0 Å². The van der Waals surface area contributed by atoms with Crippen molar-refractivity contribution in [3.05, 3.63) is 72.5 Å². The third-order valence-corrected chi connectivity index (χ3v) is 12.1. The third-order valence-electron chi connectivity index (χ3n) is 10.3. The summed E-state index contributed by atoms with van der Waals surface area (Å²) in [4.78, 5) is 60.5. The van der Waals surface area contributed by atoms with Crippen LogP contribution >= 0.6 is 0 Å². The minimum Gasteiger partial charge on any atom is -0.446 e. The molecule has 0 bridgehead atoms. The van der Waals surface area contributed by atoms with Crippen LogP contribution < -0.4 is 15.4 Å². The van der Waals surface area contributed by atoms with Crippen molar-refractivity contribution < 1.29 is 45.5 Å². The molecule has 3 N–H and O–H groups in total. The summed E-state index contributed by atoms with van der Waals surface area (Å²) in [6, 6.07) is 6.77. The van der Waals surface area contributed by atoms with Crippen molar-refractivity contribution in [2.24, 2.45) is 17.8 Å². The highest BCUT2D eigenvalue weighted by atomic mass is 32.2. The summed E-state index contributed by atoms with van der Waals surface area (Å²) in [5.41, 5.74) is -1.38. The molecule has 5 rings (SSSR count). The van der Waals surface area contributed by atoms with Crippen molar-refractivity contribution in [1.29, 1.82) is 0 Å². The third kappa shape index (κ3) is 9.13. The lowest BCUT2D eigenvalue weighted by Gasteiger charge is -2.26. The van der Waals surface area contributed by atoms with E-state index in [1.807, 2.05) is 0 Å². The number of nitrogens with one attached hydrogen (secondary N) is 3. The highest BCUT2D eigenvalue weighted by Crippen LogP contribution is 2.46. The number of alkyl halides is 3. The summed E-state index contributed by atoms with van der Waals surface area (Å²) < 4.78 is 74.6. The van der Waals surface area contributed by atoms with Gasteiger partial charge >= 0.3 is 12.3 Å². The number of unbranched alkanes of at least 4 members (excludes halogenated alkanes) is 2. The Kier molecular flexibility index (Phi) is 11.9. The second-order valence-corrected chi connectivity index (χ2v) is 16.4. The summed E-state index contributed by atoms with van der Waals surface area (Å²) in [6.07, 6.45) is -0.733. The first kappa shape index (κ1) is 40.5. The average Bonchev–Trinajstić information content (AvgIpc) is 4.02. The summed E-state index contributed by atoms with van der Waals surface area (Å²) in [6.45, 7) is 11.0. The van der Waals surface area contributed by atoms with Gasteiger partial charge in [-0.2, -0.15) is 13.2 Å². The molecule has 5 atom stereocenters. The van der Waals surface area contributed by atoms with Crippen molar-refractivity contribution in [3.8, 4) is 11.3 Å². The normalized spacial score (nSPS) is 23.5. The zero-order valence-corrected chi connectivity index (χ0v) is 31.3. The van der Waals surface area contributed by atoms with Crippen LogP contribution in [0.3, 0.4) is 0 Å². The first-order chi connectivity index (χ1) is 25.4. The Balaban J connectivity index is 1.38. The zero-order chi connectivity index (χ0) is 39.6. The van der Waals surface area contributed by atoms with E-state index in [-0.39, 0.29) is 36.1 Å². The van der Waals surface area contributed by atoms with Crippen LogP contribution in [-0.4, -0.2) is 72.6 Å². The highest BCUT2D eigenvalue weighted by molar-refractivity contribution is 7.91. The molecule has 12 nitrogen and oxygen atoms in total. The van der Waals surface area contributed by atoms with Crippen LogP contribution in [0.25, 0.3) is 11.3 Å². The molecule has 292 valence electrons. The van der Waals surface area contributed by atoms with E-state index in [1.54, 1.807) is 38.2 Å². The maximum Gasteiger partial charge on any atom is 0.416 e. The smallest absolute Gasteiger partial charge is 0.416 e. The lowest BCUT2D eigenvalue weighted by atomic mass is 9.93. The van der Waals surface area contributed by atoms with Crippen LogP contribution in [0.5, 0.6) is 0 Å². The van der Waals surface area contributed by atoms with Gasteiger partial charge in [-0.05, 0) is 95.0 Å². The van der Waals surface area contributed by atoms with Crippen LogP contribution in [-0.2, 0) is 35.3 Å². The van der Waals surface area contributed by atoms with Crippen molar-refractivity contribution in [1.82, 2.24) is 19.9 Å². The SMILES string of the molecule is C=CCCCCN(C)C(=O)C1CC(OC(=O)Nc2cc(C(F)(F)F)cc(C)c2-c2cccc(C)n2)CC1C(=O)NC1(C(=O)NS(=O)(=O)C2CC2)CC1C=C. The van der Waals surface area contributed by atoms with Gasteiger partial charge in [0.2, 0.25) is 21.8 Å². The van der Waals surface area contributed by atoms with Crippen molar-refractivity contribution >= 4 is 39.5 Å². The molecule has 3 aliphatic rings. The number of hydrogen-bond donors (Lipinski definition) is 3. The molecule has 1 aromatic heterocycles. The number of rotatable bonds is 15. The van der Waals surface area contributed by atoms with E-state index in [0.717, 1.165) is 25.0 Å². The lowest BCUT2D eigenvalue weighted by molar-refractivity contribution is -0.140. The number of carbonyl (C=O) groups is 4. The van der Waals surface area contributed by atoms with E-state index in [9.17, 15) is 40.8 Å². The van der Waals surface area contributed by atoms with Gasteiger partial charge in [-0.25, -0.2) is 13.2 Å². The predicted octanol–water partition coefficient (Wildman–Crippen LogP) is 5.81. The minimum absolute atomic E-state index is 0.0879. The fraction of sp³-hybridized carbons (Fsp3) is 0.500. The molecule has 3 aliphatic carbocycles. The standard InChI is InChI=1S/C38H46F3N5O7S/c1-6-8-9-10-16-46(5)34(48)29-20-26(19-28(29)33(47)44-37(21-24(37)7-2)35(49)45-54(51,52)27-14-15-27)53-36(50)43-31-18-25(38(39,40)41)17-22(3)32(31)30-13-11-12-23(4)42-30/h6-7,11-13,17-18,24,26-29H,1-2,8-10,14-16,19-21H2,3-5H3,(H,43,50)(H,44,47)(H,45,49). The molecular weight excluding hydrogens is 728 g/mol. The van der Waals surface area contributed by atoms with Gasteiger partial charge in [0.05, 0.1) is 34.0 Å². The number of aromatic nitrogens is 1. The molecule has 0 radical (unpaired) electrons. The number of anilines is 1. The Bertz CT molecular complexity index is 1930. The number of hydrogen-bond acceptors (Lipinski definition) is 8. The van der Waals surface area contributed by atoms with Gasteiger partial charge in [0, 0.05) is 30.8 Å². The first-order valence-electron chi connectivity index (χ1n) is 17.9. The number of sulfonamides is 1. The van der Waals surface area contributed by atoms with Crippen LogP contribution in [0.1, 0.15) is 68.2 Å². The molecule has 54 heavy (non-hydrogen) atoms. The van der Waals surface area contributed by atoms with Crippen LogP contribution in [0, 0.1) is 31.6 Å². The second kappa shape index (κ2) is 15.9. The van der Waals surface area contributed by atoms with Crippen LogP contribution in [0.15, 0.2) is 55.6 Å². The van der Waals surface area contributed by atoms with Gasteiger partial charge in [-0.1, -0.05) is 18.2 Å². The van der Waals surface area contributed by atoms with E-state index in [2.05, 4.69) is 33.5 Å².